The molecule has 0 N–H and O–H groups in total. The Morgan fingerprint density at radius 1 is 0.742 bits per heavy atom. The zero-order valence-corrected chi connectivity index (χ0v) is 17.5. The van der Waals surface area contributed by atoms with E-state index in [-0.39, 0.29) is 11.3 Å². The van der Waals surface area contributed by atoms with Crippen LogP contribution in [0.25, 0.3) is 6.08 Å². The molecule has 3 aromatic carbocycles. The first kappa shape index (κ1) is 21.6. The van der Waals surface area contributed by atoms with E-state index in [9.17, 15) is 9.59 Å². The Kier molecular flexibility index (Phi) is 7.06. The number of benzene rings is 3. The lowest BCUT2D eigenvalue weighted by atomic mass is 10.1. The van der Waals surface area contributed by atoms with Gasteiger partial charge in [0.1, 0.15) is 5.75 Å². The lowest BCUT2D eigenvalue weighted by molar-refractivity contribution is 0.0733. The van der Waals surface area contributed by atoms with Crippen molar-refractivity contribution in [3.63, 3.8) is 0 Å². The minimum atomic E-state index is -0.583. The van der Waals surface area contributed by atoms with Crippen molar-refractivity contribution in [3.05, 3.63) is 89.5 Å². The number of ketones is 1. The van der Waals surface area contributed by atoms with Crippen LogP contribution in [0.2, 0.25) is 0 Å². The number of rotatable bonds is 8. The van der Waals surface area contributed by atoms with Crippen LogP contribution in [0.15, 0.2) is 72.8 Å². The second kappa shape index (κ2) is 10.1. The van der Waals surface area contributed by atoms with E-state index < -0.39 is 5.97 Å². The Balaban J connectivity index is 1.77. The summed E-state index contributed by atoms with van der Waals surface area (Å²) in [6.45, 7) is 0. The summed E-state index contributed by atoms with van der Waals surface area (Å²) in [6.07, 6.45) is 3.15. The molecule has 0 atom stereocenters. The SMILES string of the molecule is COc1cc(C(=O)Oc2cccc(/C=C/C(=O)c3ccccc3)c2)cc(OC)c1OC. The monoisotopic (exact) mass is 418 g/mol. The molecule has 0 bridgehead atoms. The molecule has 0 radical (unpaired) electrons. The number of carbonyl (C=O) groups excluding carboxylic acids is 2. The van der Waals surface area contributed by atoms with E-state index >= 15 is 0 Å². The fraction of sp³-hybridized carbons (Fsp3) is 0.120. The third-order valence-electron chi connectivity index (χ3n) is 4.45. The van der Waals surface area contributed by atoms with Crippen LogP contribution >= 0.6 is 0 Å². The summed E-state index contributed by atoms with van der Waals surface area (Å²) < 4.78 is 21.3. The summed E-state index contributed by atoms with van der Waals surface area (Å²) in [5.41, 5.74) is 1.57. The summed E-state index contributed by atoms with van der Waals surface area (Å²) in [7, 11) is 4.43. The van der Waals surface area contributed by atoms with Gasteiger partial charge in [-0.3, -0.25) is 4.79 Å². The van der Waals surface area contributed by atoms with Crippen molar-refractivity contribution < 1.29 is 28.5 Å². The molecule has 0 aliphatic heterocycles. The van der Waals surface area contributed by atoms with Crippen LogP contribution in [0.3, 0.4) is 0 Å². The predicted octanol–water partition coefficient (Wildman–Crippen LogP) is 4.83. The minimum Gasteiger partial charge on any atom is -0.493 e. The van der Waals surface area contributed by atoms with Crippen molar-refractivity contribution in [2.75, 3.05) is 21.3 Å². The van der Waals surface area contributed by atoms with Crippen molar-refractivity contribution in [1.29, 1.82) is 0 Å². The van der Waals surface area contributed by atoms with Crippen molar-refractivity contribution in [3.8, 4) is 23.0 Å². The minimum absolute atomic E-state index is 0.111. The van der Waals surface area contributed by atoms with Gasteiger partial charge in [-0.2, -0.15) is 0 Å². The van der Waals surface area contributed by atoms with Gasteiger partial charge in [-0.25, -0.2) is 4.79 Å². The fourth-order valence-corrected chi connectivity index (χ4v) is 2.92. The highest BCUT2D eigenvalue weighted by Crippen LogP contribution is 2.38. The van der Waals surface area contributed by atoms with E-state index in [2.05, 4.69) is 0 Å². The third-order valence-corrected chi connectivity index (χ3v) is 4.45. The van der Waals surface area contributed by atoms with Gasteiger partial charge in [-0.1, -0.05) is 48.5 Å². The number of hydrogen-bond acceptors (Lipinski definition) is 6. The van der Waals surface area contributed by atoms with Gasteiger partial charge in [-0.05, 0) is 35.9 Å². The Labute approximate surface area is 180 Å². The van der Waals surface area contributed by atoms with E-state index in [4.69, 9.17) is 18.9 Å². The van der Waals surface area contributed by atoms with E-state index in [1.54, 1.807) is 36.4 Å². The molecule has 0 aliphatic carbocycles. The number of carbonyl (C=O) groups is 2. The topological polar surface area (TPSA) is 71.1 Å². The Bertz CT molecular complexity index is 1080. The predicted molar refractivity (Wildman–Crippen MR) is 117 cm³/mol. The van der Waals surface area contributed by atoms with Gasteiger partial charge in [0.05, 0.1) is 26.9 Å². The van der Waals surface area contributed by atoms with Gasteiger partial charge in [-0.15, -0.1) is 0 Å². The zero-order valence-electron chi connectivity index (χ0n) is 17.5. The molecule has 3 rings (SSSR count). The van der Waals surface area contributed by atoms with Gasteiger partial charge < -0.3 is 18.9 Å². The molecule has 31 heavy (non-hydrogen) atoms. The van der Waals surface area contributed by atoms with Gasteiger partial charge >= 0.3 is 5.97 Å². The summed E-state index contributed by atoms with van der Waals surface area (Å²) >= 11 is 0. The van der Waals surface area contributed by atoms with Crippen LogP contribution in [0.4, 0.5) is 0 Å². The van der Waals surface area contributed by atoms with E-state index in [1.165, 1.54) is 39.5 Å². The second-order valence-corrected chi connectivity index (χ2v) is 6.44. The molecule has 0 heterocycles. The van der Waals surface area contributed by atoms with Crippen LogP contribution in [-0.4, -0.2) is 33.1 Å². The van der Waals surface area contributed by atoms with Crippen LogP contribution in [0, 0.1) is 0 Å². The smallest absolute Gasteiger partial charge is 0.343 e. The molecule has 0 unspecified atom stereocenters. The second-order valence-electron chi connectivity index (χ2n) is 6.44. The number of ether oxygens (including phenoxy) is 4. The molecular formula is C25H22O6. The molecule has 0 aromatic heterocycles. The number of esters is 1. The van der Waals surface area contributed by atoms with Crippen molar-refractivity contribution in [1.82, 2.24) is 0 Å². The molecule has 0 fully saturated rings. The third kappa shape index (κ3) is 5.30. The Morgan fingerprint density at radius 3 is 2.03 bits per heavy atom. The van der Waals surface area contributed by atoms with Crippen molar-refractivity contribution >= 4 is 17.8 Å². The number of methoxy groups -OCH3 is 3. The number of hydrogen-bond donors (Lipinski definition) is 0. The highest BCUT2D eigenvalue weighted by molar-refractivity contribution is 6.06. The normalized spacial score (nSPS) is 10.5. The molecular weight excluding hydrogens is 396 g/mol. The fourth-order valence-electron chi connectivity index (χ4n) is 2.92. The average Bonchev–Trinajstić information content (AvgIpc) is 2.82. The van der Waals surface area contributed by atoms with E-state index in [0.29, 0.717) is 28.6 Å². The quantitative estimate of drug-likeness (QED) is 0.226. The average molecular weight is 418 g/mol. The molecule has 0 saturated carbocycles. The summed E-state index contributed by atoms with van der Waals surface area (Å²) in [5, 5.41) is 0. The molecule has 0 aliphatic rings. The Morgan fingerprint density at radius 2 is 1.42 bits per heavy atom. The van der Waals surface area contributed by atoms with Crippen LogP contribution < -0.4 is 18.9 Å². The lowest BCUT2D eigenvalue weighted by Crippen LogP contribution is -2.09. The van der Waals surface area contributed by atoms with Gasteiger partial charge in [0.2, 0.25) is 5.75 Å². The zero-order chi connectivity index (χ0) is 22.2. The van der Waals surface area contributed by atoms with E-state index in [1.807, 2.05) is 24.3 Å². The van der Waals surface area contributed by atoms with Crippen LogP contribution in [0.5, 0.6) is 23.0 Å². The first-order chi connectivity index (χ1) is 15.0. The van der Waals surface area contributed by atoms with Crippen LogP contribution in [-0.2, 0) is 0 Å². The maximum absolute atomic E-state index is 12.7. The lowest BCUT2D eigenvalue weighted by Gasteiger charge is -2.13. The molecule has 158 valence electrons. The molecule has 6 heteroatoms. The van der Waals surface area contributed by atoms with Crippen LogP contribution in [0.1, 0.15) is 26.3 Å². The van der Waals surface area contributed by atoms with Crippen molar-refractivity contribution in [2.45, 2.75) is 0 Å². The Hall–Kier alpha value is -4.06. The molecule has 0 amide bonds. The van der Waals surface area contributed by atoms with Gasteiger partial charge in [0.15, 0.2) is 17.3 Å². The molecule has 0 saturated heterocycles. The van der Waals surface area contributed by atoms with Gasteiger partial charge in [0.25, 0.3) is 0 Å². The highest BCUT2D eigenvalue weighted by atomic mass is 16.5. The first-order valence-electron chi connectivity index (χ1n) is 9.45. The summed E-state index contributed by atoms with van der Waals surface area (Å²) in [6, 6.07) is 18.9. The van der Waals surface area contributed by atoms with E-state index in [0.717, 1.165) is 5.56 Å². The molecule has 0 spiro atoms. The van der Waals surface area contributed by atoms with Crippen molar-refractivity contribution in [2.24, 2.45) is 0 Å². The number of allylic oxidation sites excluding steroid dienone is 1. The largest absolute Gasteiger partial charge is 0.493 e. The first-order valence-corrected chi connectivity index (χ1v) is 9.45. The summed E-state index contributed by atoms with van der Waals surface area (Å²) in [4.78, 5) is 24.9. The summed E-state index contributed by atoms with van der Waals surface area (Å²) in [5.74, 6) is 0.737. The maximum atomic E-state index is 12.7. The van der Waals surface area contributed by atoms with Gasteiger partial charge in [0, 0.05) is 5.56 Å². The molecule has 3 aromatic rings. The maximum Gasteiger partial charge on any atom is 0.343 e. The highest BCUT2D eigenvalue weighted by Gasteiger charge is 2.18. The standard InChI is InChI=1S/C25H22O6/c1-28-22-15-19(16-23(29-2)24(22)30-3)25(27)31-20-11-7-8-17(14-20)12-13-21(26)18-9-5-4-6-10-18/h4-16H,1-3H3/b13-12+. The molecule has 6 nitrogen and oxygen atoms in total.